The molecule has 0 radical (unpaired) electrons. The van der Waals surface area contributed by atoms with E-state index < -0.39 is 30.0 Å². The number of nitrogen functional groups attached to an aromatic ring is 2. The van der Waals surface area contributed by atoms with E-state index in [0.717, 1.165) is 12.1 Å². The van der Waals surface area contributed by atoms with Crippen LogP contribution in [0.15, 0.2) is 46.2 Å². The summed E-state index contributed by atoms with van der Waals surface area (Å²) in [6, 6.07) is 7.50. The molecule has 0 amide bonds. The van der Waals surface area contributed by atoms with Crippen molar-refractivity contribution in [2.24, 2.45) is 5.73 Å². The summed E-state index contributed by atoms with van der Waals surface area (Å²) in [5.74, 6) is -0.638. The van der Waals surface area contributed by atoms with Crippen LogP contribution in [0.3, 0.4) is 0 Å². The Morgan fingerprint density at radius 3 is 1.17 bits per heavy atom. The predicted molar refractivity (Wildman–Crippen MR) is 238 cm³/mol. The van der Waals surface area contributed by atoms with Gasteiger partial charge >= 0.3 is 80.9 Å². The number of hydrogen-bond acceptors (Lipinski definition) is 25. The number of rotatable bonds is 23. The molecule has 0 saturated heterocycles. The Morgan fingerprint density at radius 1 is 0.561 bits per heavy atom. The molecule has 2 heterocycles. The number of aliphatic hydroxyl groups excluding tert-OH is 7. The van der Waals surface area contributed by atoms with Crippen LogP contribution in [0.1, 0.15) is 11.1 Å². The van der Waals surface area contributed by atoms with Gasteiger partial charge < -0.3 is 84.8 Å². The summed E-state index contributed by atoms with van der Waals surface area (Å²) >= 11 is 0. The molecule has 0 saturated carbocycles. The molecule has 0 unspecified atom stereocenters. The Labute approximate surface area is 446 Å². The van der Waals surface area contributed by atoms with Gasteiger partial charge in [-0.15, -0.1) is 0 Å². The first kappa shape index (κ1) is 65.1. The van der Waals surface area contributed by atoms with Gasteiger partial charge in [0.25, 0.3) is 20.2 Å². The fourth-order valence-corrected chi connectivity index (χ4v) is 6.35. The number of hydrogen-bond donors (Lipinski definition) is 16. The first-order chi connectivity index (χ1) is 30.0. The summed E-state index contributed by atoms with van der Waals surface area (Å²) in [4.78, 5) is 26.0. The molecular formula is C34H58KN15NaO13S2+3. The van der Waals surface area contributed by atoms with E-state index in [-0.39, 0.29) is 218 Å². The van der Waals surface area contributed by atoms with Crippen molar-refractivity contribution in [2.75, 3.05) is 124 Å². The number of benzene rings is 2. The van der Waals surface area contributed by atoms with Crippen molar-refractivity contribution in [1.82, 2.24) is 41.4 Å². The number of aromatic nitrogens is 6. The van der Waals surface area contributed by atoms with Crippen LogP contribution in [0.5, 0.6) is 0 Å². The van der Waals surface area contributed by atoms with Gasteiger partial charge in [-0.25, -0.2) is 0 Å². The Morgan fingerprint density at radius 2 is 0.894 bits per heavy atom. The molecular weight excluding hydrogens is 953 g/mol. The molecule has 4 aromatic rings. The molecule has 28 nitrogen and oxygen atoms in total. The van der Waals surface area contributed by atoms with Gasteiger partial charge in [-0.1, -0.05) is 24.3 Å². The van der Waals surface area contributed by atoms with E-state index in [4.69, 9.17) is 32.5 Å². The van der Waals surface area contributed by atoms with Crippen molar-refractivity contribution in [2.45, 2.75) is 9.79 Å². The molecule has 358 valence electrons. The predicted octanol–water partition coefficient (Wildman–Crippen LogP) is -9.16. The third-order valence-electron chi connectivity index (χ3n) is 7.57. The van der Waals surface area contributed by atoms with Crippen molar-refractivity contribution >= 4 is 79.5 Å². The van der Waals surface area contributed by atoms with Crippen LogP contribution < -0.4 is 130 Å². The van der Waals surface area contributed by atoms with Crippen LogP contribution in [0.25, 0.3) is 12.2 Å². The maximum absolute atomic E-state index is 12.4. The zero-order valence-electron chi connectivity index (χ0n) is 36.8. The second-order valence-electron chi connectivity index (χ2n) is 12.3. The summed E-state index contributed by atoms with van der Waals surface area (Å²) in [5.41, 5.74) is 16.4. The summed E-state index contributed by atoms with van der Waals surface area (Å²) in [5, 5.41) is 69.7. The maximum Gasteiger partial charge on any atom is 1.00 e. The Balaban J connectivity index is 0. The monoisotopic (exact) mass is 1010 g/mol. The van der Waals surface area contributed by atoms with Gasteiger partial charge in [-0.3, -0.25) is 9.11 Å². The van der Waals surface area contributed by atoms with Crippen molar-refractivity contribution in [3.8, 4) is 0 Å². The first-order valence-electron chi connectivity index (χ1n) is 18.6. The zero-order chi connectivity index (χ0) is 47.0. The number of nitrogens with two attached hydrogens (primary N) is 3. The molecule has 0 aliphatic rings. The summed E-state index contributed by atoms with van der Waals surface area (Å²) in [6.07, 6.45) is 2.39. The minimum absolute atomic E-state index is 0. The van der Waals surface area contributed by atoms with E-state index in [9.17, 15) is 46.4 Å². The van der Waals surface area contributed by atoms with Gasteiger partial charge in [0.1, 0.15) is 9.79 Å². The molecule has 0 aliphatic carbocycles. The first-order valence-corrected chi connectivity index (χ1v) is 21.5. The van der Waals surface area contributed by atoms with Crippen molar-refractivity contribution in [3.63, 3.8) is 0 Å². The van der Waals surface area contributed by atoms with Crippen LogP contribution in [-0.4, -0.2) is 184 Å². The fraction of sp³-hybridized carbons (Fsp3) is 0.412. The van der Waals surface area contributed by atoms with Crippen LogP contribution in [0.2, 0.25) is 0 Å². The zero-order valence-corrected chi connectivity index (χ0v) is 43.6. The smallest absolute Gasteiger partial charge is 0.395 e. The molecule has 32 heteroatoms. The molecule has 0 spiro atoms. The molecule has 2 aromatic carbocycles. The fourth-order valence-electron chi connectivity index (χ4n) is 4.93. The largest absolute Gasteiger partial charge is 1.00 e. The van der Waals surface area contributed by atoms with E-state index in [0.29, 0.717) is 19.6 Å². The van der Waals surface area contributed by atoms with Gasteiger partial charge in [0, 0.05) is 57.2 Å². The summed E-state index contributed by atoms with van der Waals surface area (Å²) in [7, 11) is -9.74. The quantitative estimate of drug-likeness (QED) is 0.0142. The number of nitrogens with one attached hydrogen (secondary N) is 3. The standard InChI is InChI=1S/C28H36N12O10S2.C4H11NO2.C2H7NO.K.H3N.Na/c29-23-33-25(37-27(35-23)39(7-11-41)8-12-42)31-19-5-3-17(21(15-19)51(45,46)47)1-2-18-4-6-20(16-22(18)52(48,49)50)32-26-34-24(30)36-28(38-26)40(9-13-43)10-14-44;6-3-1-5-2-4-7;3-1-2-4;;;/h1-6,15-16,41-44H,7-14H2,(H,45,46,47)(H,48,49,50)(H3,29,31,33,35,37)(H3,30,32,34,36,38);5-7H,1-4H2;4H,1-3H2;;1H3;/q;;;+1;;+1/p+1/b2-1+;;;;;. The van der Waals surface area contributed by atoms with E-state index >= 15 is 0 Å². The van der Waals surface area contributed by atoms with E-state index in [1.807, 2.05) is 0 Å². The van der Waals surface area contributed by atoms with Crippen molar-refractivity contribution in [3.05, 3.63) is 47.5 Å². The molecule has 0 atom stereocenters. The second kappa shape index (κ2) is 34.4. The number of anilines is 8. The van der Waals surface area contributed by atoms with Gasteiger partial charge in [-0.2, -0.15) is 46.7 Å². The minimum atomic E-state index is -4.87. The third-order valence-corrected chi connectivity index (χ3v) is 9.39. The molecule has 4 rings (SSSR count). The maximum atomic E-state index is 12.4. The van der Waals surface area contributed by atoms with Gasteiger partial charge in [0.2, 0.25) is 35.7 Å². The van der Waals surface area contributed by atoms with Crippen LogP contribution in [0, 0.1) is 0 Å². The Kier molecular flexibility index (Phi) is 33.9. The van der Waals surface area contributed by atoms with Crippen molar-refractivity contribution in [1.29, 1.82) is 0 Å². The molecule has 0 bridgehead atoms. The molecule has 66 heavy (non-hydrogen) atoms. The van der Waals surface area contributed by atoms with Crippen molar-refractivity contribution < 1.29 is 143 Å². The van der Waals surface area contributed by atoms with Gasteiger partial charge in [0.05, 0.1) is 46.2 Å². The molecule has 0 aliphatic heterocycles. The number of nitrogens with zero attached hydrogens (tertiary/aromatic N) is 8. The van der Waals surface area contributed by atoms with E-state index in [1.165, 1.54) is 46.2 Å². The van der Waals surface area contributed by atoms with Crippen LogP contribution in [-0.2, 0) is 20.2 Å². The van der Waals surface area contributed by atoms with E-state index in [1.54, 1.807) is 0 Å². The Bertz CT molecular complexity index is 2110. The second-order valence-corrected chi connectivity index (χ2v) is 15.0. The average molecular weight is 1010 g/mol. The number of aliphatic hydroxyl groups is 7. The summed E-state index contributed by atoms with van der Waals surface area (Å²) < 4.78 is 69.7. The molecule has 22 N–H and O–H groups in total. The van der Waals surface area contributed by atoms with Gasteiger partial charge in [0.15, 0.2) is 0 Å². The summed E-state index contributed by atoms with van der Waals surface area (Å²) in [6.45, 7) is 1.08. The Hall–Kier alpha value is -2.94. The third kappa shape index (κ3) is 23.4. The van der Waals surface area contributed by atoms with Crippen LogP contribution in [0.4, 0.5) is 47.1 Å². The SMILES string of the molecule is NCCO.Nc1nc(Nc2ccc(/C=C/c3ccc(Nc4nc(N)nc(N(CCO)CCO)n4)cc3S(=O)(=O)O)c(S(=O)(=O)O)c2)nc(N(CCO)CCO)n1.OCCNCCO.[K+].[NH4+].[Na+]. The van der Waals surface area contributed by atoms with Gasteiger partial charge in [-0.05, 0) is 35.4 Å². The molecule has 0 fully saturated rings. The van der Waals surface area contributed by atoms with E-state index in [2.05, 4.69) is 45.9 Å². The normalized spacial score (nSPS) is 10.8. The minimum Gasteiger partial charge on any atom is -0.395 e. The average Bonchev–Trinajstić information content (AvgIpc) is 3.22. The number of quaternary nitrogens is 1. The van der Waals surface area contributed by atoms with Crippen LogP contribution >= 0.6 is 0 Å². The molecule has 2 aromatic heterocycles. The topological polar surface area (TPSA) is 485 Å².